The van der Waals surface area contributed by atoms with E-state index in [9.17, 15) is 0 Å². The highest BCUT2D eigenvalue weighted by atomic mass is 15.1. The van der Waals surface area contributed by atoms with Gasteiger partial charge in [-0.05, 0) is 80.2 Å². The fraction of sp³-hybridized carbons (Fsp3) is 0. The number of aromatic nitrogens is 4. The number of nitrogens with zero attached hydrogens (tertiary/aromatic N) is 4. The van der Waals surface area contributed by atoms with E-state index in [0.29, 0.717) is 17.5 Å². The quantitative estimate of drug-likeness (QED) is 0.160. The Bertz CT molecular complexity index is 3230. The predicted octanol–water partition coefficient (Wildman–Crippen LogP) is 13.6. The highest BCUT2D eigenvalue weighted by Crippen LogP contribution is 2.39. The van der Waals surface area contributed by atoms with Crippen molar-refractivity contribution < 1.29 is 0 Å². The third-order valence-corrected chi connectivity index (χ3v) is 11.0. The van der Waals surface area contributed by atoms with Crippen LogP contribution in [0.15, 0.2) is 206 Å². The molecule has 2 heterocycles. The van der Waals surface area contributed by atoms with Crippen LogP contribution in [-0.4, -0.2) is 19.5 Å². The molecule has 0 saturated carbocycles. The lowest BCUT2D eigenvalue weighted by Crippen LogP contribution is -2.04. The molecule has 57 heavy (non-hydrogen) atoms. The zero-order valence-electron chi connectivity index (χ0n) is 30.9. The maximum absolute atomic E-state index is 5.32. The van der Waals surface area contributed by atoms with Crippen molar-refractivity contribution in [2.75, 3.05) is 0 Å². The monoisotopic (exact) mass is 726 g/mol. The van der Waals surface area contributed by atoms with Crippen molar-refractivity contribution in [3.05, 3.63) is 206 Å². The lowest BCUT2D eigenvalue weighted by Gasteiger charge is -2.16. The summed E-state index contributed by atoms with van der Waals surface area (Å²) < 4.78 is 2.36. The molecule has 9 aromatic carbocycles. The molecule has 0 atom stereocenters. The third-order valence-electron chi connectivity index (χ3n) is 11.0. The molecule has 266 valence electrons. The number of hydrogen-bond acceptors (Lipinski definition) is 3. The SMILES string of the molecule is c1ccc(-c2ccc(-c3nc(-c4ccccc4)nc(-c4ccc5c(ccc6ccc(-c7ccccc7)cc65)c4)n3)c(-n3c4ccccc4c4ccccc43)c2)cc1. The molecular weight excluding hydrogens is 693 g/mol. The molecule has 11 aromatic rings. The van der Waals surface area contributed by atoms with Gasteiger partial charge in [0.05, 0.1) is 16.7 Å². The number of benzene rings is 9. The summed E-state index contributed by atoms with van der Waals surface area (Å²) in [6, 6.07) is 72.9. The highest BCUT2D eigenvalue weighted by Gasteiger charge is 2.20. The molecule has 0 aliphatic carbocycles. The van der Waals surface area contributed by atoms with E-state index in [4.69, 9.17) is 15.0 Å². The molecule has 0 spiro atoms. The largest absolute Gasteiger partial charge is 0.308 e. The van der Waals surface area contributed by atoms with Crippen LogP contribution in [0.25, 0.3) is 105 Å². The van der Waals surface area contributed by atoms with Crippen molar-refractivity contribution in [1.82, 2.24) is 19.5 Å². The standard InChI is InChI=1S/C53H34N4/c1-4-14-35(15-5-1)39-26-24-37-25-27-41-32-42(29-30-43(41)47(37)33-39)52-54-51(38-18-8-3-9-19-38)55-53(56-52)46-31-28-40(36-16-6-2-7-17-36)34-50(46)57-48-22-12-10-20-44(48)45-21-11-13-23-49(45)57/h1-34H. The first-order chi connectivity index (χ1) is 28.2. The van der Waals surface area contributed by atoms with Gasteiger partial charge >= 0.3 is 0 Å². The zero-order chi connectivity index (χ0) is 37.7. The molecule has 4 nitrogen and oxygen atoms in total. The fourth-order valence-corrected chi connectivity index (χ4v) is 8.25. The Morgan fingerprint density at radius 2 is 0.772 bits per heavy atom. The van der Waals surface area contributed by atoms with Crippen LogP contribution in [0.2, 0.25) is 0 Å². The van der Waals surface area contributed by atoms with Gasteiger partial charge in [-0.3, -0.25) is 0 Å². The Labute approximate surface area is 330 Å². The average Bonchev–Trinajstić information content (AvgIpc) is 3.63. The lowest BCUT2D eigenvalue weighted by atomic mass is 9.96. The van der Waals surface area contributed by atoms with E-state index in [1.807, 2.05) is 18.2 Å². The zero-order valence-corrected chi connectivity index (χ0v) is 30.9. The van der Waals surface area contributed by atoms with E-state index in [1.54, 1.807) is 0 Å². The Kier molecular flexibility index (Phi) is 7.78. The van der Waals surface area contributed by atoms with E-state index < -0.39 is 0 Å². The second-order valence-electron chi connectivity index (χ2n) is 14.4. The van der Waals surface area contributed by atoms with Crippen LogP contribution in [0, 0.1) is 0 Å². The average molecular weight is 727 g/mol. The summed E-state index contributed by atoms with van der Waals surface area (Å²) in [4.78, 5) is 15.7. The summed E-state index contributed by atoms with van der Waals surface area (Å²) in [7, 11) is 0. The Balaban J connectivity index is 1.14. The molecule has 2 aromatic heterocycles. The van der Waals surface area contributed by atoms with E-state index in [1.165, 1.54) is 38.1 Å². The first-order valence-electron chi connectivity index (χ1n) is 19.3. The number of rotatable bonds is 6. The van der Waals surface area contributed by atoms with E-state index in [2.05, 4.69) is 193 Å². The van der Waals surface area contributed by atoms with Crippen LogP contribution < -0.4 is 0 Å². The van der Waals surface area contributed by atoms with Crippen molar-refractivity contribution in [1.29, 1.82) is 0 Å². The van der Waals surface area contributed by atoms with Crippen molar-refractivity contribution in [3.8, 4) is 62.1 Å². The maximum atomic E-state index is 5.32. The maximum Gasteiger partial charge on any atom is 0.166 e. The van der Waals surface area contributed by atoms with Crippen molar-refractivity contribution >= 4 is 43.4 Å². The number of para-hydroxylation sites is 2. The topological polar surface area (TPSA) is 43.6 Å². The summed E-state index contributed by atoms with van der Waals surface area (Å²) in [6.07, 6.45) is 0. The van der Waals surface area contributed by atoms with Crippen LogP contribution in [-0.2, 0) is 0 Å². The summed E-state index contributed by atoms with van der Waals surface area (Å²) in [6.45, 7) is 0. The molecule has 0 aliphatic heterocycles. The smallest absolute Gasteiger partial charge is 0.166 e. The first kappa shape index (κ1) is 32.7. The summed E-state index contributed by atoms with van der Waals surface area (Å²) in [5.41, 5.74) is 10.7. The fourth-order valence-electron chi connectivity index (χ4n) is 8.25. The Morgan fingerprint density at radius 3 is 1.44 bits per heavy atom. The van der Waals surface area contributed by atoms with Crippen LogP contribution in [0.3, 0.4) is 0 Å². The van der Waals surface area contributed by atoms with Gasteiger partial charge in [0, 0.05) is 27.5 Å². The van der Waals surface area contributed by atoms with Gasteiger partial charge in [0.2, 0.25) is 0 Å². The highest BCUT2D eigenvalue weighted by molar-refractivity contribution is 6.11. The van der Waals surface area contributed by atoms with Crippen molar-refractivity contribution in [2.45, 2.75) is 0 Å². The van der Waals surface area contributed by atoms with Gasteiger partial charge in [0.25, 0.3) is 0 Å². The second kappa shape index (κ2) is 13.6. The van der Waals surface area contributed by atoms with E-state index in [-0.39, 0.29) is 0 Å². The van der Waals surface area contributed by atoms with Gasteiger partial charge in [-0.2, -0.15) is 0 Å². The molecule has 0 radical (unpaired) electrons. The van der Waals surface area contributed by atoms with E-state index in [0.717, 1.165) is 49.9 Å². The van der Waals surface area contributed by atoms with Crippen LogP contribution in [0.1, 0.15) is 0 Å². The molecule has 0 bridgehead atoms. The molecule has 0 amide bonds. The summed E-state index contributed by atoms with van der Waals surface area (Å²) in [5, 5.41) is 7.15. The minimum Gasteiger partial charge on any atom is -0.308 e. The molecule has 0 fully saturated rings. The number of fused-ring (bicyclic) bond motifs is 6. The molecule has 0 unspecified atom stereocenters. The second-order valence-corrected chi connectivity index (χ2v) is 14.4. The van der Waals surface area contributed by atoms with Crippen LogP contribution >= 0.6 is 0 Å². The van der Waals surface area contributed by atoms with E-state index >= 15 is 0 Å². The van der Waals surface area contributed by atoms with Gasteiger partial charge < -0.3 is 4.57 Å². The Hall–Kier alpha value is -7.69. The lowest BCUT2D eigenvalue weighted by molar-refractivity contribution is 1.06. The van der Waals surface area contributed by atoms with Crippen molar-refractivity contribution in [2.24, 2.45) is 0 Å². The van der Waals surface area contributed by atoms with Crippen molar-refractivity contribution in [3.63, 3.8) is 0 Å². The summed E-state index contributed by atoms with van der Waals surface area (Å²) in [5.74, 6) is 1.86. The van der Waals surface area contributed by atoms with Gasteiger partial charge in [-0.15, -0.1) is 0 Å². The van der Waals surface area contributed by atoms with Gasteiger partial charge in [0.1, 0.15) is 0 Å². The Morgan fingerprint density at radius 1 is 0.281 bits per heavy atom. The molecule has 0 aliphatic rings. The minimum absolute atomic E-state index is 0.612. The third kappa shape index (κ3) is 5.74. The number of hydrogen-bond donors (Lipinski definition) is 0. The van der Waals surface area contributed by atoms with Crippen LogP contribution in [0.5, 0.6) is 0 Å². The van der Waals surface area contributed by atoms with Gasteiger partial charge in [-0.25, -0.2) is 15.0 Å². The predicted molar refractivity (Wildman–Crippen MR) is 236 cm³/mol. The first-order valence-corrected chi connectivity index (χ1v) is 19.3. The molecule has 11 rings (SSSR count). The van der Waals surface area contributed by atoms with Crippen LogP contribution in [0.4, 0.5) is 0 Å². The molecular formula is C53H34N4. The summed E-state index contributed by atoms with van der Waals surface area (Å²) >= 11 is 0. The molecule has 0 saturated heterocycles. The van der Waals surface area contributed by atoms with Gasteiger partial charge in [0.15, 0.2) is 17.5 Å². The van der Waals surface area contributed by atoms with Gasteiger partial charge in [-0.1, -0.05) is 170 Å². The minimum atomic E-state index is 0.612. The normalized spacial score (nSPS) is 11.5. The molecule has 4 heteroatoms. The molecule has 0 N–H and O–H groups in total.